The molecule has 1 aliphatic rings. The summed E-state index contributed by atoms with van der Waals surface area (Å²) >= 11 is 0. The van der Waals surface area contributed by atoms with Gasteiger partial charge in [0.25, 0.3) is 0 Å². The van der Waals surface area contributed by atoms with Gasteiger partial charge in [0.1, 0.15) is 5.75 Å². The monoisotopic (exact) mass is 312 g/mol. The number of methoxy groups -OCH3 is 1. The first-order valence-corrected chi connectivity index (χ1v) is 7.62. The van der Waals surface area contributed by atoms with Gasteiger partial charge in [0.15, 0.2) is 0 Å². The molecule has 2 amide bonds. The zero-order chi connectivity index (χ0) is 16.1. The van der Waals surface area contributed by atoms with E-state index in [2.05, 4.69) is 15.2 Å². The maximum atomic E-state index is 12.3. The second-order valence-electron chi connectivity index (χ2n) is 5.32. The van der Waals surface area contributed by atoms with Gasteiger partial charge in [-0.05, 0) is 24.3 Å². The van der Waals surface area contributed by atoms with Crippen LogP contribution in [0.15, 0.2) is 48.8 Å². The van der Waals surface area contributed by atoms with E-state index in [4.69, 9.17) is 4.74 Å². The Morgan fingerprint density at radius 2 is 1.91 bits per heavy atom. The molecule has 1 N–H and O–H groups in total. The summed E-state index contributed by atoms with van der Waals surface area (Å²) in [7, 11) is 1.68. The van der Waals surface area contributed by atoms with Gasteiger partial charge in [0.05, 0.1) is 24.7 Å². The van der Waals surface area contributed by atoms with Crippen LogP contribution in [0, 0.1) is 0 Å². The number of carbonyl (C=O) groups is 1. The summed E-state index contributed by atoms with van der Waals surface area (Å²) in [6.07, 6.45) is 3.32. The van der Waals surface area contributed by atoms with Gasteiger partial charge in [-0.1, -0.05) is 12.1 Å². The van der Waals surface area contributed by atoms with Crippen LogP contribution in [0.3, 0.4) is 0 Å². The highest BCUT2D eigenvalue weighted by molar-refractivity contribution is 5.89. The molecule has 0 bridgehead atoms. The molecule has 0 saturated carbocycles. The average molecular weight is 312 g/mol. The maximum Gasteiger partial charge on any atom is 0.322 e. The van der Waals surface area contributed by atoms with E-state index in [1.54, 1.807) is 25.6 Å². The first-order valence-electron chi connectivity index (χ1n) is 7.62. The van der Waals surface area contributed by atoms with Crippen molar-refractivity contribution in [3.63, 3.8) is 0 Å². The van der Waals surface area contributed by atoms with Crippen molar-refractivity contribution in [2.75, 3.05) is 43.5 Å². The molecule has 0 aliphatic carbocycles. The predicted octanol–water partition coefficient (Wildman–Crippen LogP) is 2.44. The topological polar surface area (TPSA) is 57.7 Å². The molecule has 1 aliphatic heterocycles. The molecular formula is C17H20N4O2. The van der Waals surface area contributed by atoms with Crippen molar-refractivity contribution in [3.8, 4) is 5.75 Å². The lowest BCUT2D eigenvalue weighted by atomic mass is 10.2. The van der Waals surface area contributed by atoms with Gasteiger partial charge in [-0.25, -0.2) is 4.79 Å². The van der Waals surface area contributed by atoms with Crippen LogP contribution < -0.4 is 15.0 Å². The molecule has 0 radical (unpaired) electrons. The Morgan fingerprint density at radius 1 is 1.13 bits per heavy atom. The minimum Gasteiger partial charge on any atom is -0.495 e. The van der Waals surface area contributed by atoms with E-state index < -0.39 is 0 Å². The summed E-state index contributed by atoms with van der Waals surface area (Å²) in [5, 5.41) is 2.87. The van der Waals surface area contributed by atoms with Crippen LogP contribution in [0.5, 0.6) is 5.75 Å². The number of piperazine rings is 1. The van der Waals surface area contributed by atoms with Gasteiger partial charge < -0.3 is 19.9 Å². The fraction of sp³-hybridized carbons (Fsp3) is 0.294. The van der Waals surface area contributed by atoms with Crippen LogP contribution in [0.4, 0.5) is 16.2 Å². The number of pyridine rings is 1. The van der Waals surface area contributed by atoms with Gasteiger partial charge in [0.2, 0.25) is 0 Å². The molecule has 0 atom stereocenters. The fourth-order valence-corrected chi connectivity index (χ4v) is 2.68. The molecular weight excluding hydrogens is 292 g/mol. The number of aromatic nitrogens is 1. The highest BCUT2D eigenvalue weighted by Crippen LogP contribution is 2.28. The first-order chi connectivity index (χ1) is 11.3. The van der Waals surface area contributed by atoms with Gasteiger partial charge in [-0.15, -0.1) is 0 Å². The van der Waals surface area contributed by atoms with Crippen molar-refractivity contribution in [3.05, 3.63) is 48.8 Å². The minimum atomic E-state index is -0.0855. The van der Waals surface area contributed by atoms with E-state index in [0.717, 1.165) is 24.5 Å². The van der Waals surface area contributed by atoms with Gasteiger partial charge in [-0.2, -0.15) is 0 Å². The number of anilines is 2. The van der Waals surface area contributed by atoms with Gasteiger partial charge in [-0.3, -0.25) is 4.98 Å². The zero-order valence-electron chi connectivity index (χ0n) is 13.1. The van der Waals surface area contributed by atoms with Crippen molar-refractivity contribution in [2.45, 2.75) is 0 Å². The zero-order valence-corrected chi connectivity index (χ0v) is 13.1. The molecule has 2 heterocycles. The Kier molecular flexibility index (Phi) is 4.61. The standard InChI is InChI=1S/C17H20N4O2/c1-23-16-7-3-2-6-15(16)20-9-11-21(12-10-20)17(22)19-14-5-4-8-18-13-14/h2-8,13H,9-12H2,1H3,(H,19,22). The highest BCUT2D eigenvalue weighted by atomic mass is 16.5. The lowest BCUT2D eigenvalue weighted by molar-refractivity contribution is 0.208. The van der Waals surface area contributed by atoms with Crippen LogP contribution in [0.1, 0.15) is 0 Å². The van der Waals surface area contributed by atoms with E-state index >= 15 is 0 Å². The van der Waals surface area contributed by atoms with Crippen molar-refractivity contribution < 1.29 is 9.53 Å². The third-order valence-electron chi connectivity index (χ3n) is 3.91. The molecule has 0 spiro atoms. The predicted molar refractivity (Wildman–Crippen MR) is 90.0 cm³/mol. The molecule has 6 heteroatoms. The number of hydrogen-bond acceptors (Lipinski definition) is 4. The molecule has 1 saturated heterocycles. The smallest absolute Gasteiger partial charge is 0.322 e. The average Bonchev–Trinajstić information content (AvgIpc) is 2.62. The lowest BCUT2D eigenvalue weighted by Gasteiger charge is -2.36. The lowest BCUT2D eigenvalue weighted by Crippen LogP contribution is -2.50. The van der Waals surface area contributed by atoms with Crippen molar-refractivity contribution in [2.24, 2.45) is 0 Å². The normalized spacial score (nSPS) is 14.5. The van der Waals surface area contributed by atoms with Crippen LogP contribution >= 0.6 is 0 Å². The van der Waals surface area contributed by atoms with E-state index in [1.807, 2.05) is 35.2 Å². The fourth-order valence-electron chi connectivity index (χ4n) is 2.68. The summed E-state index contributed by atoms with van der Waals surface area (Å²) in [5.41, 5.74) is 1.78. The molecule has 23 heavy (non-hydrogen) atoms. The molecule has 0 unspecified atom stereocenters. The summed E-state index contributed by atoms with van der Waals surface area (Å²) < 4.78 is 5.41. The Balaban J connectivity index is 1.59. The maximum absolute atomic E-state index is 12.3. The van der Waals surface area contributed by atoms with Crippen molar-refractivity contribution >= 4 is 17.4 Å². The Bertz CT molecular complexity index is 655. The highest BCUT2D eigenvalue weighted by Gasteiger charge is 2.22. The van der Waals surface area contributed by atoms with Crippen LogP contribution in [0.25, 0.3) is 0 Å². The van der Waals surface area contributed by atoms with Crippen LogP contribution in [-0.4, -0.2) is 49.2 Å². The molecule has 1 aromatic heterocycles. The number of carbonyl (C=O) groups excluding carboxylic acids is 1. The second kappa shape index (κ2) is 7.00. The number of benzene rings is 1. The van der Waals surface area contributed by atoms with Gasteiger partial charge in [0, 0.05) is 32.4 Å². The van der Waals surface area contributed by atoms with Crippen LogP contribution in [-0.2, 0) is 0 Å². The number of hydrogen-bond donors (Lipinski definition) is 1. The van der Waals surface area contributed by atoms with E-state index in [9.17, 15) is 4.79 Å². The number of nitrogens with zero attached hydrogens (tertiary/aromatic N) is 3. The summed E-state index contributed by atoms with van der Waals surface area (Å²) in [5.74, 6) is 0.862. The minimum absolute atomic E-state index is 0.0855. The third-order valence-corrected chi connectivity index (χ3v) is 3.91. The quantitative estimate of drug-likeness (QED) is 0.946. The van der Waals surface area contributed by atoms with E-state index in [-0.39, 0.29) is 6.03 Å². The third kappa shape index (κ3) is 3.53. The Hall–Kier alpha value is -2.76. The van der Waals surface area contributed by atoms with E-state index in [0.29, 0.717) is 18.8 Å². The molecule has 6 nitrogen and oxygen atoms in total. The number of amides is 2. The number of nitrogens with one attached hydrogen (secondary N) is 1. The number of para-hydroxylation sites is 2. The van der Waals surface area contributed by atoms with Gasteiger partial charge >= 0.3 is 6.03 Å². The largest absolute Gasteiger partial charge is 0.495 e. The Morgan fingerprint density at radius 3 is 2.61 bits per heavy atom. The van der Waals surface area contributed by atoms with E-state index in [1.165, 1.54) is 0 Å². The summed E-state index contributed by atoms with van der Waals surface area (Å²) in [6, 6.07) is 11.5. The molecule has 1 aromatic carbocycles. The number of ether oxygens (including phenoxy) is 1. The second-order valence-corrected chi connectivity index (χ2v) is 5.32. The number of rotatable bonds is 3. The molecule has 120 valence electrons. The molecule has 1 fully saturated rings. The molecule has 3 rings (SSSR count). The number of urea groups is 1. The van der Waals surface area contributed by atoms with Crippen LogP contribution in [0.2, 0.25) is 0 Å². The first kappa shape index (κ1) is 15.1. The summed E-state index contributed by atoms with van der Waals surface area (Å²) in [6.45, 7) is 2.90. The Labute approximate surface area is 135 Å². The van der Waals surface area contributed by atoms with Crippen molar-refractivity contribution in [1.29, 1.82) is 0 Å². The summed E-state index contributed by atoms with van der Waals surface area (Å²) in [4.78, 5) is 20.3. The SMILES string of the molecule is COc1ccccc1N1CCN(C(=O)Nc2cccnc2)CC1. The molecule has 2 aromatic rings. The van der Waals surface area contributed by atoms with Crippen molar-refractivity contribution in [1.82, 2.24) is 9.88 Å².